The molecule has 8 heteroatoms. The Morgan fingerprint density at radius 3 is 2.19 bits per heavy atom. The van der Waals surface area contributed by atoms with Crippen LogP contribution in [0.5, 0.6) is 0 Å². The van der Waals surface area contributed by atoms with Gasteiger partial charge in [0.05, 0.1) is 17.3 Å². The van der Waals surface area contributed by atoms with Gasteiger partial charge in [0.1, 0.15) is 23.5 Å². The van der Waals surface area contributed by atoms with Crippen LogP contribution in [0.2, 0.25) is 0 Å². The minimum atomic E-state index is -1.68. The second-order valence-electron chi connectivity index (χ2n) is 7.53. The van der Waals surface area contributed by atoms with E-state index in [1.807, 2.05) is 0 Å². The van der Waals surface area contributed by atoms with E-state index in [4.69, 9.17) is 5.73 Å². The molecular weight excluding hydrogens is 435 g/mol. The molecule has 1 amide bonds. The normalized spacial score (nSPS) is 22.1. The van der Waals surface area contributed by atoms with Crippen LogP contribution in [0.3, 0.4) is 0 Å². The number of rotatable bonds is 4. The van der Waals surface area contributed by atoms with Crippen molar-refractivity contribution in [3.05, 3.63) is 112 Å². The maximum Gasteiger partial charge on any atom is 0.241 e. The summed E-state index contributed by atoms with van der Waals surface area (Å²) in [7, 11) is 0. The largest absolute Gasteiger partial charge is 0.368 e. The predicted octanol–water partition coefficient (Wildman–Crippen LogP) is 4.85. The molecule has 0 radical (unpaired) electrons. The smallest absolute Gasteiger partial charge is 0.241 e. The third kappa shape index (κ3) is 2.90. The van der Waals surface area contributed by atoms with Gasteiger partial charge in [0.25, 0.3) is 0 Å². The van der Waals surface area contributed by atoms with Gasteiger partial charge < -0.3 is 5.73 Å². The fourth-order valence-electron chi connectivity index (χ4n) is 4.42. The molecule has 2 heterocycles. The van der Waals surface area contributed by atoms with E-state index in [0.717, 1.165) is 11.8 Å². The Morgan fingerprint density at radius 1 is 0.906 bits per heavy atom. The van der Waals surface area contributed by atoms with Gasteiger partial charge in [-0.1, -0.05) is 60.3 Å². The molecule has 0 saturated carbocycles. The van der Waals surface area contributed by atoms with Gasteiger partial charge >= 0.3 is 0 Å². The number of para-hydroxylation sites is 1. The highest BCUT2D eigenvalue weighted by Gasteiger charge is 2.61. The Hall–Kier alpha value is -3.39. The summed E-state index contributed by atoms with van der Waals surface area (Å²) in [5, 5.41) is 3.85. The van der Waals surface area contributed by atoms with Crippen molar-refractivity contribution < 1.29 is 18.0 Å². The number of fused-ring (bicyclic) bond motifs is 1. The van der Waals surface area contributed by atoms with Crippen LogP contribution in [0.15, 0.2) is 83.9 Å². The number of halogens is 3. The molecule has 32 heavy (non-hydrogen) atoms. The van der Waals surface area contributed by atoms with Crippen molar-refractivity contribution in [2.45, 2.75) is 10.8 Å². The minimum absolute atomic E-state index is 0.0505. The summed E-state index contributed by atoms with van der Waals surface area (Å²) < 4.78 is 43.3. The fraction of sp³-hybridized carbons (Fsp3) is 0.125. The van der Waals surface area contributed by atoms with Crippen LogP contribution < -0.4 is 10.7 Å². The zero-order valence-electron chi connectivity index (χ0n) is 16.7. The number of amides is 1. The first-order valence-electron chi connectivity index (χ1n) is 9.95. The maximum absolute atomic E-state index is 15.1. The van der Waals surface area contributed by atoms with Gasteiger partial charge in [-0.15, -0.1) is 0 Å². The average Bonchev–Trinajstić information content (AvgIpc) is 3.32. The molecule has 3 aromatic rings. The molecule has 162 valence electrons. The molecule has 4 nitrogen and oxygen atoms in total. The van der Waals surface area contributed by atoms with Gasteiger partial charge in [-0.3, -0.25) is 14.8 Å². The summed E-state index contributed by atoms with van der Waals surface area (Å²) in [5.41, 5.74) is 6.40. The van der Waals surface area contributed by atoms with E-state index in [-0.39, 0.29) is 16.8 Å². The number of nitrogens with zero attached hydrogens (tertiary/aromatic N) is 2. The molecule has 0 aliphatic carbocycles. The predicted molar refractivity (Wildman–Crippen MR) is 118 cm³/mol. The fourth-order valence-corrected chi connectivity index (χ4v) is 5.92. The number of nitrogens with two attached hydrogens (primary N) is 1. The summed E-state index contributed by atoms with van der Waals surface area (Å²) in [6, 6.07) is 17.0. The van der Waals surface area contributed by atoms with Gasteiger partial charge in [0, 0.05) is 11.1 Å². The first-order valence-corrected chi connectivity index (χ1v) is 10.8. The molecule has 0 spiro atoms. The Kier molecular flexibility index (Phi) is 4.89. The molecule has 1 saturated heterocycles. The number of anilines is 1. The van der Waals surface area contributed by atoms with Crippen LogP contribution in [0.25, 0.3) is 0 Å². The topological polar surface area (TPSA) is 49.6 Å². The van der Waals surface area contributed by atoms with Crippen molar-refractivity contribution in [2.75, 3.05) is 11.6 Å². The number of primary amides is 1. The molecule has 2 unspecified atom stereocenters. The quantitative estimate of drug-likeness (QED) is 0.614. The number of thioether (sulfide) groups is 1. The van der Waals surface area contributed by atoms with E-state index in [1.165, 1.54) is 36.4 Å². The third-order valence-corrected chi connectivity index (χ3v) is 7.32. The second kappa shape index (κ2) is 7.63. The van der Waals surface area contributed by atoms with E-state index in [2.05, 4.69) is 0 Å². The number of carbonyl (C=O) groups excluding carboxylic acids is 1. The molecule has 1 fully saturated rings. The molecule has 2 aliphatic heterocycles. The number of carbonyl (C=O) groups is 1. The number of benzene rings is 3. The highest BCUT2D eigenvalue weighted by Crippen LogP contribution is 2.63. The van der Waals surface area contributed by atoms with Gasteiger partial charge in [-0.25, -0.2) is 13.2 Å². The molecule has 3 aromatic carbocycles. The lowest BCUT2D eigenvalue weighted by Gasteiger charge is -2.40. The van der Waals surface area contributed by atoms with Crippen LogP contribution in [0.1, 0.15) is 17.2 Å². The lowest BCUT2D eigenvalue weighted by Crippen LogP contribution is -2.49. The Labute approximate surface area is 187 Å². The van der Waals surface area contributed by atoms with Crippen LogP contribution in [0, 0.1) is 17.5 Å². The van der Waals surface area contributed by atoms with Crippen LogP contribution in [-0.4, -0.2) is 17.5 Å². The molecular formula is C24H18F3N3OS. The van der Waals surface area contributed by atoms with Crippen LogP contribution in [-0.2, 0) is 9.54 Å². The van der Waals surface area contributed by atoms with Crippen molar-refractivity contribution >= 4 is 23.4 Å². The number of hydrazine groups is 1. The molecule has 5 rings (SSSR count). The maximum atomic E-state index is 15.1. The van der Waals surface area contributed by atoms with E-state index in [0.29, 0.717) is 11.6 Å². The zero-order valence-corrected chi connectivity index (χ0v) is 17.5. The van der Waals surface area contributed by atoms with Gasteiger partial charge in [0.2, 0.25) is 5.91 Å². The lowest BCUT2D eigenvalue weighted by atomic mass is 9.84. The minimum Gasteiger partial charge on any atom is -0.368 e. The van der Waals surface area contributed by atoms with Crippen molar-refractivity contribution in [2.24, 2.45) is 5.73 Å². The SMILES string of the molecule is NC(=O)C1(c2ccccc2F)SC2=CCN(c3ccccc3F)N2C1c1ccccc1F. The molecule has 2 atom stereocenters. The Morgan fingerprint density at radius 2 is 1.53 bits per heavy atom. The standard InChI is InChI=1S/C24H18F3N3OS/c25-17-9-3-1-7-15(17)22-24(23(28)31,16-8-2-4-10-18(16)26)32-21-13-14-29(30(21)22)20-12-6-5-11-19(20)27/h1-13,22H,14H2,(H2,28,31). The van der Waals surface area contributed by atoms with Gasteiger partial charge in [-0.05, 0) is 30.3 Å². The highest BCUT2D eigenvalue weighted by atomic mass is 32.2. The van der Waals surface area contributed by atoms with Crippen molar-refractivity contribution in [1.82, 2.24) is 5.01 Å². The monoisotopic (exact) mass is 453 g/mol. The lowest BCUT2D eigenvalue weighted by molar-refractivity contribution is -0.122. The summed E-state index contributed by atoms with van der Waals surface area (Å²) in [6.07, 6.45) is 1.80. The van der Waals surface area contributed by atoms with Crippen LogP contribution in [0.4, 0.5) is 18.9 Å². The van der Waals surface area contributed by atoms with Crippen molar-refractivity contribution in [3.8, 4) is 0 Å². The second-order valence-corrected chi connectivity index (χ2v) is 8.79. The molecule has 2 aliphatic rings. The molecule has 0 bridgehead atoms. The zero-order chi connectivity index (χ0) is 22.5. The van der Waals surface area contributed by atoms with Crippen molar-refractivity contribution in [3.63, 3.8) is 0 Å². The molecule has 0 aromatic heterocycles. The summed E-state index contributed by atoms with van der Waals surface area (Å²) in [4.78, 5) is 13.1. The third-order valence-electron chi connectivity index (χ3n) is 5.79. The first-order chi connectivity index (χ1) is 15.4. The van der Waals surface area contributed by atoms with Gasteiger partial charge in [0.15, 0.2) is 4.75 Å². The number of hydrogen-bond acceptors (Lipinski definition) is 4. The van der Waals surface area contributed by atoms with Crippen LogP contribution >= 0.6 is 11.8 Å². The van der Waals surface area contributed by atoms with Gasteiger partial charge in [-0.2, -0.15) is 0 Å². The van der Waals surface area contributed by atoms with E-state index in [1.54, 1.807) is 52.5 Å². The van der Waals surface area contributed by atoms with E-state index in [9.17, 15) is 9.18 Å². The Balaban J connectivity index is 1.78. The number of hydrogen-bond donors (Lipinski definition) is 1. The summed E-state index contributed by atoms with van der Waals surface area (Å²) in [5.74, 6) is -2.48. The molecule has 2 N–H and O–H groups in total. The summed E-state index contributed by atoms with van der Waals surface area (Å²) in [6.45, 7) is 0.306. The van der Waals surface area contributed by atoms with E-state index >= 15 is 8.78 Å². The summed E-state index contributed by atoms with van der Waals surface area (Å²) >= 11 is 1.06. The Bertz CT molecular complexity index is 1250. The first kappa shape index (κ1) is 20.5. The van der Waals surface area contributed by atoms with Crippen molar-refractivity contribution in [1.29, 1.82) is 0 Å². The average molecular weight is 453 g/mol. The highest BCUT2D eigenvalue weighted by molar-refractivity contribution is 8.04. The van der Waals surface area contributed by atoms with E-state index < -0.39 is 34.1 Å².